The van der Waals surface area contributed by atoms with Crippen LogP contribution in [0.15, 0.2) is 48.0 Å². The molecule has 1 aromatic rings. The molecule has 3 heterocycles. The highest BCUT2D eigenvalue weighted by atomic mass is 31.0. The van der Waals surface area contributed by atoms with E-state index < -0.39 is 23.8 Å². The fourth-order valence-corrected chi connectivity index (χ4v) is 3.84. The summed E-state index contributed by atoms with van der Waals surface area (Å²) in [5.74, 6) is -1.74. The maximum atomic E-state index is 13.6. The Kier molecular flexibility index (Phi) is 8.19. The molecule has 0 radical (unpaired) electrons. The minimum atomic E-state index is -3.13. The number of hydrogen-bond donors (Lipinski definition) is 4. The van der Waals surface area contributed by atoms with Crippen LogP contribution in [-0.2, 0) is 0 Å². The molecule has 1 amide bonds. The van der Waals surface area contributed by atoms with Crippen molar-refractivity contribution < 1.29 is 23.1 Å². The first-order valence-electron chi connectivity index (χ1n) is 10.8. The zero-order chi connectivity index (χ0) is 24.9. The van der Waals surface area contributed by atoms with Crippen LogP contribution in [0.3, 0.4) is 0 Å². The summed E-state index contributed by atoms with van der Waals surface area (Å²) in [4.78, 5) is 20.2. The lowest BCUT2D eigenvalue weighted by molar-refractivity contribution is 0.0756. The van der Waals surface area contributed by atoms with Gasteiger partial charge in [-0.25, -0.2) is 13.2 Å². The van der Waals surface area contributed by atoms with Gasteiger partial charge in [0.05, 0.1) is 18.0 Å². The highest BCUT2D eigenvalue weighted by Gasteiger charge is 2.26. The van der Waals surface area contributed by atoms with Crippen molar-refractivity contribution in [1.82, 2.24) is 14.8 Å². The van der Waals surface area contributed by atoms with Crippen LogP contribution in [0.25, 0.3) is 0 Å². The Bertz CT molecular complexity index is 1030. The second kappa shape index (κ2) is 10.9. The monoisotopic (exact) mass is 496 g/mol. The zero-order valence-electron chi connectivity index (χ0n) is 18.5. The molecule has 0 bridgehead atoms. The fraction of sp³-hybridized carbons (Fsp3) is 0.409. The van der Waals surface area contributed by atoms with Crippen LogP contribution in [0.4, 0.5) is 18.9 Å². The number of halogens is 3. The molecule has 0 aromatic carbocycles. The first-order valence-corrected chi connectivity index (χ1v) is 11.4. The summed E-state index contributed by atoms with van der Waals surface area (Å²) in [6.45, 7) is 0.422. The number of nitrogens with two attached hydrogens (primary N) is 1. The second-order valence-electron chi connectivity index (χ2n) is 8.08. The van der Waals surface area contributed by atoms with Crippen LogP contribution >= 0.6 is 9.24 Å². The molecule has 1 saturated heterocycles. The SMILES string of the molecule is N=C(/C(=C/N)N1C=C(O)C(F)=CC1)c1cnc(C(=O)N2CCCCCC2)cc1NCC(F)(F)P. The smallest absolute Gasteiger partial charge is 0.275 e. The van der Waals surface area contributed by atoms with Crippen LogP contribution in [0.5, 0.6) is 0 Å². The number of aromatic nitrogens is 1. The molecule has 0 spiro atoms. The quantitative estimate of drug-likeness (QED) is 0.338. The molecule has 0 saturated carbocycles. The number of allylic oxidation sites excluding steroid dienone is 2. The Morgan fingerprint density at radius 2 is 2.00 bits per heavy atom. The van der Waals surface area contributed by atoms with Gasteiger partial charge in [-0.15, -0.1) is 0 Å². The zero-order valence-corrected chi connectivity index (χ0v) is 19.7. The van der Waals surface area contributed by atoms with E-state index in [-0.39, 0.29) is 40.8 Å². The van der Waals surface area contributed by atoms with Crippen molar-refractivity contribution in [2.75, 3.05) is 31.5 Å². The number of nitrogens with zero attached hydrogens (tertiary/aromatic N) is 3. The average molecular weight is 496 g/mol. The summed E-state index contributed by atoms with van der Waals surface area (Å²) in [5, 5.41) is 20.9. The van der Waals surface area contributed by atoms with Crippen molar-refractivity contribution in [3.05, 3.63) is 59.3 Å². The molecule has 5 N–H and O–H groups in total. The van der Waals surface area contributed by atoms with Gasteiger partial charge in [0, 0.05) is 49.5 Å². The van der Waals surface area contributed by atoms with Crippen molar-refractivity contribution in [2.45, 2.75) is 31.3 Å². The van der Waals surface area contributed by atoms with Gasteiger partial charge in [-0.1, -0.05) is 22.1 Å². The molecule has 2 aliphatic rings. The molecule has 12 heteroatoms. The topological polar surface area (TPSA) is 119 Å². The number of alkyl halides is 2. The summed E-state index contributed by atoms with van der Waals surface area (Å²) in [6, 6.07) is 1.35. The number of carbonyl (C=O) groups is 1. The summed E-state index contributed by atoms with van der Waals surface area (Å²) in [6.07, 6.45) is 8.38. The predicted octanol–water partition coefficient (Wildman–Crippen LogP) is 3.71. The van der Waals surface area contributed by atoms with Gasteiger partial charge in [-0.05, 0) is 25.0 Å². The van der Waals surface area contributed by atoms with Crippen molar-refractivity contribution in [3.8, 4) is 0 Å². The highest BCUT2D eigenvalue weighted by Crippen LogP contribution is 2.27. The van der Waals surface area contributed by atoms with E-state index >= 15 is 0 Å². The first-order chi connectivity index (χ1) is 16.1. The number of hydrogen-bond acceptors (Lipinski definition) is 7. The van der Waals surface area contributed by atoms with Crippen molar-refractivity contribution in [1.29, 1.82) is 5.41 Å². The first kappa shape index (κ1) is 25.6. The molecule has 1 aromatic heterocycles. The Labute approximate surface area is 198 Å². The molecule has 184 valence electrons. The van der Waals surface area contributed by atoms with E-state index in [0.717, 1.165) is 44.2 Å². The lowest BCUT2D eigenvalue weighted by Crippen LogP contribution is -2.33. The van der Waals surface area contributed by atoms with Gasteiger partial charge < -0.3 is 26.0 Å². The molecule has 1 fully saturated rings. The minimum absolute atomic E-state index is 0.00724. The molecule has 3 rings (SSSR count). The number of pyridine rings is 1. The van der Waals surface area contributed by atoms with Crippen LogP contribution < -0.4 is 11.1 Å². The third kappa shape index (κ3) is 6.28. The molecule has 34 heavy (non-hydrogen) atoms. The van der Waals surface area contributed by atoms with Gasteiger partial charge in [0.25, 0.3) is 11.6 Å². The molecule has 8 nitrogen and oxygen atoms in total. The molecular weight excluding hydrogens is 468 g/mol. The van der Waals surface area contributed by atoms with Gasteiger partial charge in [-0.3, -0.25) is 15.2 Å². The van der Waals surface area contributed by atoms with E-state index in [1.165, 1.54) is 26.4 Å². The molecule has 1 unspecified atom stereocenters. The lowest BCUT2D eigenvalue weighted by atomic mass is 10.0. The number of rotatable bonds is 7. The maximum absolute atomic E-state index is 13.6. The predicted molar refractivity (Wildman–Crippen MR) is 127 cm³/mol. The Balaban J connectivity index is 1.93. The molecule has 2 aliphatic heterocycles. The number of aliphatic hydroxyl groups is 1. The largest absolute Gasteiger partial charge is 0.504 e. The average Bonchev–Trinajstić information content (AvgIpc) is 3.09. The van der Waals surface area contributed by atoms with Crippen LogP contribution in [-0.4, -0.2) is 63.4 Å². The van der Waals surface area contributed by atoms with Gasteiger partial charge >= 0.3 is 0 Å². The van der Waals surface area contributed by atoms with Crippen molar-refractivity contribution in [2.24, 2.45) is 5.73 Å². The van der Waals surface area contributed by atoms with Gasteiger partial charge in [0.1, 0.15) is 5.69 Å². The van der Waals surface area contributed by atoms with E-state index in [1.807, 2.05) is 0 Å². The van der Waals surface area contributed by atoms with Gasteiger partial charge in [-0.2, -0.15) is 0 Å². The minimum Gasteiger partial charge on any atom is -0.504 e. The van der Waals surface area contributed by atoms with E-state index in [4.69, 9.17) is 11.1 Å². The Hall–Kier alpha value is -3.07. The number of anilines is 1. The van der Waals surface area contributed by atoms with Gasteiger partial charge in [0.2, 0.25) is 0 Å². The highest BCUT2D eigenvalue weighted by molar-refractivity contribution is 7.18. The van der Waals surface area contributed by atoms with Crippen LogP contribution in [0.2, 0.25) is 0 Å². The van der Waals surface area contributed by atoms with E-state index in [2.05, 4.69) is 10.3 Å². The lowest BCUT2D eigenvalue weighted by Gasteiger charge is -2.26. The third-order valence-electron chi connectivity index (χ3n) is 5.51. The van der Waals surface area contributed by atoms with E-state index in [9.17, 15) is 23.1 Å². The number of aliphatic hydroxyl groups excluding tert-OH is 1. The third-order valence-corrected chi connectivity index (χ3v) is 5.72. The van der Waals surface area contributed by atoms with Crippen molar-refractivity contribution in [3.63, 3.8) is 0 Å². The number of nitrogens with one attached hydrogen (secondary N) is 2. The van der Waals surface area contributed by atoms with E-state index in [0.29, 0.717) is 13.1 Å². The number of amides is 1. The van der Waals surface area contributed by atoms with Crippen LogP contribution in [0, 0.1) is 5.41 Å². The number of carbonyl (C=O) groups excluding carboxylic acids is 1. The Morgan fingerprint density at radius 3 is 2.59 bits per heavy atom. The summed E-state index contributed by atoms with van der Waals surface area (Å²) < 4.78 is 40.6. The van der Waals surface area contributed by atoms with Crippen LogP contribution in [0.1, 0.15) is 41.7 Å². The van der Waals surface area contributed by atoms with Crippen molar-refractivity contribution >= 4 is 26.5 Å². The van der Waals surface area contributed by atoms with E-state index in [1.54, 1.807) is 4.90 Å². The number of likely N-dealkylation sites (tertiary alicyclic amines) is 1. The normalized spacial score (nSPS) is 17.6. The fourth-order valence-electron chi connectivity index (χ4n) is 3.74. The molecule has 0 aliphatic carbocycles. The second-order valence-corrected chi connectivity index (χ2v) is 8.93. The van der Waals surface area contributed by atoms with Gasteiger partial charge in [0.15, 0.2) is 11.6 Å². The molecule has 1 atom stereocenters. The summed E-state index contributed by atoms with van der Waals surface area (Å²) in [5.41, 5.74) is 2.75. The standard InChI is InChI=1S/C22H28F3N6O2P/c23-15-5-8-31(12-19(15)32)18(10-26)20(27)14-11-28-17(9-16(14)29-13-22(24,25)34)21(33)30-6-3-1-2-4-7-30/h5,9-12,27,32H,1-4,6-8,13,26,34H2,(H,28,29)/b18-10-,27-20?. The Morgan fingerprint density at radius 1 is 1.32 bits per heavy atom. The molecular formula is C22H28F3N6O2P. The maximum Gasteiger partial charge on any atom is 0.275 e. The summed E-state index contributed by atoms with van der Waals surface area (Å²) >= 11 is 0. The summed E-state index contributed by atoms with van der Waals surface area (Å²) in [7, 11) is 1.43.